The predicted octanol–water partition coefficient (Wildman–Crippen LogP) is 2.11. The number of hydrogen-bond donors (Lipinski definition) is 5. The minimum absolute atomic E-state index is 0.0942. The van der Waals surface area contributed by atoms with Gasteiger partial charge in [-0.25, -0.2) is 23.5 Å². The minimum Gasteiger partial charge on any atom is -0.384 e. The number of hydrogen-bond acceptors (Lipinski definition) is 6. The van der Waals surface area contributed by atoms with E-state index in [1.807, 2.05) is 0 Å². The van der Waals surface area contributed by atoms with E-state index in [0.717, 1.165) is 0 Å². The molecule has 34 heavy (non-hydrogen) atoms. The number of sulfonamides is 1. The molecule has 2 aromatic rings. The third-order valence-electron chi connectivity index (χ3n) is 5.62. The number of aliphatic hydroxyl groups is 1. The van der Waals surface area contributed by atoms with E-state index in [0.29, 0.717) is 11.1 Å². The number of benzene rings is 1. The molecule has 7 N–H and O–H groups in total. The first-order valence-electron chi connectivity index (χ1n) is 9.89. The normalized spacial score (nSPS) is 22.9. The molecule has 2 atom stereocenters. The van der Waals surface area contributed by atoms with Gasteiger partial charge in [0.05, 0.1) is 10.6 Å². The van der Waals surface area contributed by atoms with Gasteiger partial charge >= 0.3 is 0 Å². The van der Waals surface area contributed by atoms with Crippen LogP contribution in [0.2, 0.25) is 0 Å². The monoisotopic (exact) mass is 494 g/mol. The number of amides is 1. The highest BCUT2D eigenvalue weighted by Crippen LogP contribution is 2.63. The molecule has 2 aliphatic carbocycles. The van der Waals surface area contributed by atoms with Crippen molar-refractivity contribution in [3.8, 4) is 0 Å². The Morgan fingerprint density at radius 1 is 1.21 bits per heavy atom. The van der Waals surface area contributed by atoms with E-state index >= 15 is 0 Å². The number of primary sulfonamides is 1. The summed E-state index contributed by atoms with van der Waals surface area (Å²) < 4.78 is 23.4. The lowest BCUT2D eigenvalue weighted by Gasteiger charge is -2.47. The van der Waals surface area contributed by atoms with Gasteiger partial charge in [-0.3, -0.25) is 10.2 Å². The molecule has 1 aromatic heterocycles. The summed E-state index contributed by atoms with van der Waals surface area (Å²) in [5.41, 5.74) is 7.34. The van der Waals surface area contributed by atoms with Crippen LogP contribution in [0.4, 0.5) is 10.6 Å². The van der Waals surface area contributed by atoms with Crippen LogP contribution < -0.4 is 16.2 Å². The number of carbonyl (C=O) groups excluding carboxylic acids is 1. The second-order valence-electron chi connectivity index (χ2n) is 7.58. The van der Waals surface area contributed by atoms with Crippen molar-refractivity contribution in [3.63, 3.8) is 0 Å². The molecular weight excluding hydrogens is 476 g/mol. The third-order valence-corrected chi connectivity index (χ3v) is 8.80. The van der Waals surface area contributed by atoms with Gasteiger partial charge in [0.15, 0.2) is 0 Å². The summed E-state index contributed by atoms with van der Waals surface area (Å²) >= 11 is 0. The minimum atomic E-state index is -4.12. The number of carbonyl (C=O) groups is 1. The van der Waals surface area contributed by atoms with Crippen molar-refractivity contribution in [2.24, 2.45) is 15.9 Å². The Labute approximate surface area is 196 Å². The van der Waals surface area contributed by atoms with Crippen LogP contribution in [0.15, 0.2) is 87.9 Å². The molecule has 1 aromatic carbocycles. The fraction of sp³-hybridized carbons (Fsp3) is 0.0455. The molecule has 2 heterocycles. The number of nitrogens with zero attached hydrogens (tertiary/aromatic N) is 2. The molecule has 3 aliphatic rings. The Kier molecular flexibility index (Phi) is 4.98. The van der Waals surface area contributed by atoms with Crippen LogP contribution in [-0.2, 0) is 10.0 Å². The maximum Gasteiger partial charge on any atom is 0.284 e. The summed E-state index contributed by atoms with van der Waals surface area (Å²) in [5.74, 6) is 0.0941. The van der Waals surface area contributed by atoms with Gasteiger partial charge in [0.2, 0.25) is 15.2 Å². The maximum absolute atomic E-state index is 13.5. The zero-order valence-electron chi connectivity index (χ0n) is 17.4. The zero-order chi connectivity index (χ0) is 24.3. The fourth-order valence-corrected chi connectivity index (χ4v) is 7.75. The van der Waals surface area contributed by atoms with Gasteiger partial charge in [-0.2, -0.15) is 0 Å². The van der Waals surface area contributed by atoms with Gasteiger partial charge < -0.3 is 16.2 Å². The van der Waals surface area contributed by atoms with E-state index in [-0.39, 0.29) is 33.4 Å². The van der Waals surface area contributed by atoms with E-state index in [1.54, 1.807) is 60.7 Å². The fourth-order valence-electron chi connectivity index (χ4n) is 4.33. The lowest BCUT2D eigenvalue weighted by molar-refractivity contribution is 0.269. The van der Waals surface area contributed by atoms with Crippen LogP contribution in [0.25, 0.3) is 0 Å². The quantitative estimate of drug-likeness (QED) is 0.246. The highest BCUT2D eigenvalue weighted by molar-refractivity contribution is 8.30. The number of nitrogen functional groups attached to an aromatic ring is 1. The molecule has 10 nitrogen and oxygen atoms in total. The Morgan fingerprint density at radius 2 is 2.00 bits per heavy atom. The molecule has 1 spiro atoms. The highest BCUT2D eigenvalue weighted by Gasteiger charge is 2.63. The molecule has 0 radical (unpaired) electrons. The zero-order valence-corrected chi connectivity index (χ0v) is 19.0. The van der Waals surface area contributed by atoms with E-state index < -0.39 is 35.7 Å². The second kappa shape index (κ2) is 7.67. The Balaban J connectivity index is 1.72. The van der Waals surface area contributed by atoms with Crippen LogP contribution in [-0.4, -0.2) is 45.2 Å². The highest BCUT2D eigenvalue weighted by atomic mass is 32.2. The number of allylic oxidation sites excluding steroid dienone is 4. The number of nitrogens with two attached hydrogens (primary N) is 2. The smallest absolute Gasteiger partial charge is 0.284 e. The summed E-state index contributed by atoms with van der Waals surface area (Å²) in [6.07, 6.45) is 6.28. The molecule has 12 heteroatoms. The molecule has 1 amide bonds. The topological polar surface area (TPSA) is 185 Å². The average molecular weight is 495 g/mol. The van der Waals surface area contributed by atoms with Crippen molar-refractivity contribution in [1.82, 2.24) is 4.98 Å². The second-order valence-corrected chi connectivity index (χ2v) is 11.0. The van der Waals surface area contributed by atoms with Crippen molar-refractivity contribution >= 4 is 48.3 Å². The first-order valence-corrected chi connectivity index (χ1v) is 12.7. The SMILES string of the molecule is N=C(N)c1cccc(C2=NC(O)=S(C(=O)Nc3ccccn3)C23c2cccc3c2S(N)(=O)=O)c1. The summed E-state index contributed by atoms with van der Waals surface area (Å²) in [4.78, 5) is 21.8. The van der Waals surface area contributed by atoms with Crippen molar-refractivity contribution in [2.75, 3.05) is 5.32 Å². The van der Waals surface area contributed by atoms with Crippen LogP contribution >= 0.6 is 10.5 Å². The number of aliphatic hydroxyl groups excluding tert-OH is 1. The predicted molar refractivity (Wildman–Crippen MR) is 133 cm³/mol. The Bertz CT molecular complexity index is 1550. The number of pyridine rings is 1. The lowest BCUT2D eigenvalue weighted by Crippen LogP contribution is -2.52. The van der Waals surface area contributed by atoms with E-state index in [4.69, 9.17) is 16.3 Å². The van der Waals surface area contributed by atoms with Crippen LogP contribution in [0, 0.1) is 5.41 Å². The molecule has 0 saturated carbocycles. The van der Waals surface area contributed by atoms with Crippen molar-refractivity contribution in [1.29, 1.82) is 5.41 Å². The van der Waals surface area contributed by atoms with Gasteiger partial charge in [0, 0.05) is 11.8 Å². The summed E-state index contributed by atoms with van der Waals surface area (Å²) in [7, 11) is -5.77. The first-order chi connectivity index (χ1) is 16.2. The van der Waals surface area contributed by atoms with Gasteiger partial charge in [-0.05, 0) is 45.4 Å². The molecule has 2 unspecified atom stereocenters. The number of nitrogens with one attached hydrogen (secondary N) is 2. The van der Waals surface area contributed by atoms with Crippen molar-refractivity contribution < 1.29 is 18.3 Å². The van der Waals surface area contributed by atoms with Crippen LogP contribution in [0.1, 0.15) is 11.1 Å². The van der Waals surface area contributed by atoms with Crippen LogP contribution in [0.3, 0.4) is 0 Å². The Hall–Kier alpha value is -3.71. The molecule has 0 saturated heterocycles. The van der Waals surface area contributed by atoms with Crippen molar-refractivity contribution in [3.05, 3.63) is 94.1 Å². The van der Waals surface area contributed by atoms with Gasteiger partial charge in [0.25, 0.3) is 5.24 Å². The molecule has 0 fully saturated rings. The number of aromatic nitrogens is 1. The number of anilines is 1. The first kappa shape index (κ1) is 22.1. The average Bonchev–Trinajstić information content (AvgIpc) is 3.13. The third kappa shape index (κ3) is 3.11. The van der Waals surface area contributed by atoms with Gasteiger partial charge in [-0.15, -0.1) is 0 Å². The molecular formula is C22H18N6O4S2. The summed E-state index contributed by atoms with van der Waals surface area (Å²) in [5, 5.41) is 25.8. The molecule has 2 bridgehead atoms. The molecule has 172 valence electrons. The van der Waals surface area contributed by atoms with Crippen LogP contribution in [0.5, 0.6) is 0 Å². The number of rotatable bonds is 4. The molecule has 5 rings (SSSR count). The lowest BCUT2D eigenvalue weighted by atomic mass is 9.70. The summed E-state index contributed by atoms with van der Waals surface area (Å²) in [6.45, 7) is 0. The molecule has 1 aliphatic heterocycles. The van der Waals surface area contributed by atoms with Gasteiger partial charge in [-0.1, -0.05) is 42.5 Å². The largest absolute Gasteiger partial charge is 0.384 e. The van der Waals surface area contributed by atoms with E-state index in [9.17, 15) is 18.3 Å². The van der Waals surface area contributed by atoms with Crippen molar-refractivity contribution in [2.45, 2.75) is 4.75 Å². The Morgan fingerprint density at radius 3 is 2.62 bits per heavy atom. The maximum atomic E-state index is 13.5. The number of aliphatic imine (C=N–C) groups is 1. The van der Waals surface area contributed by atoms with Gasteiger partial charge in [0.1, 0.15) is 16.4 Å². The van der Waals surface area contributed by atoms with E-state index in [1.165, 1.54) is 6.20 Å². The standard InChI is InChI=1S/C22H18N6O4S2/c23-19(24)13-6-3-5-12(11-13)18-22(14-7-4-8-15(22)17(14)34(25,31)32)33(21(30)28-18)20(29)27-16-9-1-2-10-26-16/h1-11,30H,(H3,23,24)(H2,25,31,32)(H,26,27,29). The van der Waals surface area contributed by atoms with E-state index in [2.05, 4.69) is 15.3 Å². The number of amidine groups is 1. The summed E-state index contributed by atoms with van der Waals surface area (Å²) in [6, 6.07) is 11.6.